The number of hydrogen-bond donors (Lipinski definition) is 1. The monoisotopic (exact) mass is 591 g/mol. The Labute approximate surface area is 261 Å². The standard InChI is InChI=1S/C38H70O4/c1-3-5-7-9-11-12-13-14-15-16-17-18-19-20-21-22-23-24-25-26-27-29-31-33-38(40)42-37(35-39)36-41-34-32-30-28-10-8-6-4-2/h13-14,16-17,19-20,37,39H,3-12,15,18,21-36H2,1-2H3/b14-13-,17-16-,20-19-. The van der Waals surface area contributed by atoms with Crippen LogP contribution in [0.25, 0.3) is 0 Å². The number of hydrogen-bond acceptors (Lipinski definition) is 4. The maximum absolute atomic E-state index is 12.1. The first-order valence-corrected chi connectivity index (χ1v) is 18.1. The van der Waals surface area contributed by atoms with Crippen LogP contribution in [0, 0.1) is 0 Å². The lowest BCUT2D eigenvalue weighted by atomic mass is 10.1. The first-order chi connectivity index (χ1) is 20.7. The molecule has 0 aliphatic carbocycles. The van der Waals surface area contributed by atoms with E-state index in [9.17, 15) is 9.90 Å². The molecule has 0 aromatic carbocycles. The van der Waals surface area contributed by atoms with Crippen LogP contribution in [0.4, 0.5) is 0 Å². The van der Waals surface area contributed by atoms with Crippen molar-refractivity contribution in [3.63, 3.8) is 0 Å². The molecule has 0 bridgehead atoms. The predicted octanol–water partition coefficient (Wildman–Crippen LogP) is 11.4. The van der Waals surface area contributed by atoms with E-state index in [1.807, 2.05) is 0 Å². The largest absolute Gasteiger partial charge is 0.457 e. The molecule has 42 heavy (non-hydrogen) atoms. The summed E-state index contributed by atoms with van der Waals surface area (Å²) in [5.74, 6) is -0.211. The van der Waals surface area contributed by atoms with Gasteiger partial charge in [-0.3, -0.25) is 4.79 Å². The molecule has 0 aromatic heterocycles. The quantitative estimate of drug-likeness (QED) is 0.0469. The van der Waals surface area contributed by atoms with Crippen LogP contribution in [0.15, 0.2) is 36.5 Å². The topological polar surface area (TPSA) is 55.8 Å². The highest BCUT2D eigenvalue weighted by atomic mass is 16.6. The third-order valence-electron chi connectivity index (χ3n) is 7.72. The first kappa shape index (κ1) is 40.6. The Kier molecular flexibility index (Phi) is 34.6. The van der Waals surface area contributed by atoms with E-state index in [-0.39, 0.29) is 12.6 Å². The molecule has 4 heteroatoms. The maximum Gasteiger partial charge on any atom is 0.306 e. The van der Waals surface area contributed by atoms with Crippen molar-refractivity contribution < 1.29 is 19.4 Å². The third-order valence-corrected chi connectivity index (χ3v) is 7.72. The summed E-state index contributed by atoms with van der Waals surface area (Å²) in [5, 5.41) is 9.49. The minimum atomic E-state index is -0.532. The highest BCUT2D eigenvalue weighted by Crippen LogP contribution is 2.12. The van der Waals surface area contributed by atoms with Gasteiger partial charge in [0, 0.05) is 13.0 Å². The van der Waals surface area contributed by atoms with Crippen LogP contribution < -0.4 is 0 Å². The molecule has 1 N–H and O–H groups in total. The second kappa shape index (κ2) is 35.8. The summed E-state index contributed by atoms with van der Waals surface area (Å²) in [4.78, 5) is 12.1. The second-order valence-corrected chi connectivity index (χ2v) is 11.9. The van der Waals surface area contributed by atoms with Gasteiger partial charge in [0.2, 0.25) is 0 Å². The van der Waals surface area contributed by atoms with Gasteiger partial charge in [-0.2, -0.15) is 0 Å². The van der Waals surface area contributed by atoms with Crippen LogP contribution in [-0.2, 0) is 14.3 Å². The fourth-order valence-corrected chi connectivity index (χ4v) is 4.98. The van der Waals surface area contributed by atoms with Crippen LogP contribution in [0.5, 0.6) is 0 Å². The number of carbonyl (C=O) groups is 1. The van der Waals surface area contributed by atoms with Crippen LogP contribution >= 0.6 is 0 Å². The highest BCUT2D eigenvalue weighted by molar-refractivity contribution is 5.69. The van der Waals surface area contributed by atoms with E-state index < -0.39 is 6.10 Å². The molecule has 0 aromatic rings. The number of rotatable bonds is 33. The number of unbranched alkanes of at least 4 members (excludes halogenated alkanes) is 19. The van der Waals surface area contributed by atoms with Gasteiger partial charge in [-0.05, 0) is 51.4 Å². The molecule has 0 saturated carbocycles. The minimum absolute atomic E-state index is 0.174. The third kappa shape index (κ3) is 33.1. The van der Waals surface area contributed by atoms with Crippen molar-refractivity contribution in [3.8, 4) is 0 Å². The molecule has 0 fully saturated rings. The summed E-state index contributed by atoms with van der Waals surface area (Å²) in [6, 6.07) is 0. The molecule has 1 atom stereocenters. The summed E-state index contributed by atoms with van der Waals surface area (Å²) >= 11 is 0. The second-order valence-electron chi connectivity index (χ2n) is 11.9. The van der Waals surface area contributed by atoms with E-state index in [1.165, 1.54) is 122 Å². The zero-order valence-corrected chi connectivity index (χ0v) is 28.0. The number of allylic oxidation sites excluding steroid dienone is 6. The lowest BCUT2D eigenvalue weighted by molar-refractivity contribution is -0.154. The fourth-order valence-electron chi connectivity index (χ4n) is 4.98. The molecular weight excluding hydrogens is 520 g/mol. The van der Waals surface area contributed by atoms with Gasteiger partial charge in [-0.1, -0.05) is 153 Å². The fraction of sp³-hybridized carbons (Fsp3) is 0.816. The van der Waals surface area contributed by atoms with Crippen LogP contribution in [-0.4, -0.2) is 37.0 Å². The van der Waals surface area contributed by atoms with Gasteiger partial charge in [-0.15, -0.1) is 0 Å². The zero-order valence-electron chi connectivity index (χ0n) is 28.0. The normalized spacial score (nSPS) is 12.7. The summed E-state index contributed by atoms with van der Waals surface area (Å²) in [7, 11) is 0. The molecule has 1 unspecified atom stereocenters. The number of aliphatic hydroxyl groups excluding tert-OH is 1. The average Bonchev–Trinajstić information content (AvgIpc) is 3.00. The van der Waals surface area contributed by atoms with Gasteiger partial charge >= 0.3 is 5.97 Å². The van der Waals surface area contributed by atoms with Gasteiger partial charge < -0.3 is 14.6 Å². The molecule has 0 spiro atoms. The van der Waals surface area contributed by atoms with Gasteiger partial charge in [0.15, 0.2) is 0 Å². The molecule has 0 heterocycles. The number of aliphatic hydroxyl groups is 1. The molecule has 246 valence electrons. The number of carbonyl (C=O) groups excluding carboxylic acids is 1. The molecule has 0 radical (unpaired) electrons. The molecule has 0 aliphatic heterocycles. The maximum atomic E-state index is 12.1. The van der Waals surface area contributed by atoms with Gasteiger partial charge in [0.05, 0.1) is 13.2 Å². The van der Waals surface area contributed by atoms with E-state index in [1.54, 1.807) is 0 Å². The first-order valence-electron chi connectivity index (χ1n) is 18.1. The molecule has 0 aliphatic rings. The molecular formula is C38H70O4. The lowest BCUT2D eigenvalue weighted by Gasteiger charge is -2.15. The number of ether oxygens (including phenoxy) is 2. The van der Waals surface area contributed by atoms with Crippen LogP contribution in [0.3, 0.4) is 0 Å². The van der Waals surface area contributed by atoms with Crippen molar-refractivity contribution in [2.75, 3.05) is 19.8 Å². The van der Waals surface area contributed by atoms with Crippen molar-refractivity contribution in [1.29, 1.82) is 0 Å². The van der Waals surface area contributed by atoms with E-state index >= 15 is 0 Å². The van der Waals surface area contributed by atoms with Crippen LogP contribution in [0.1, 0.15) is 174 Å². The summed E-state index contributed by atoms with van der Waals surface area (Å²) in [6.45, 7) is 5.30. The summed E-state index contributed by atoms with van der Waals surface area (Å²) in [5.41, 5.74) is 0. The van der Waals surface area contributed by atoms with Gasteiger partial charge in [0.1, 0.15) is 6.10 Å². The predicted molar refractivity (Wildman–Crippen MR) is 182 cm³/mol. The van der Waals surface area contributed by atoms with Crippen molar-refractivity contribution in [2.24, 2.45) is 0 Å². The van der Waals surface area contributed by atoms with E-state index in [2.05, 4.69) is 50.3 Å². The summed E-state index contributed by atoms with van der Waals surface area (Å²) < 4.78 is 11.0. The zero-order chi connectivity index (χ0) is 30.6. The molecule has 0 amide bonds. The molecule has 0 rings (SSSR count). The Bertz CT molecular complexity index is 625. The Balaban J connectivity index is 3.45. The van der Waals surface area contributed by atoms with Crippen molar-refractivity contribution in [1.82, 2.24) is 0 Å². The Morgan fingerprint density at radius 2 is 1.00 bits per heavy atom. The SMILES string of the molecule is CCCCCCC/C=C\C/C=C\C/C=C\CCCCCCCCCCC(=O)OC(CO)COCCCCCCCCC. The smallest absolute Gasteiger partial charge is 0.306 e. The van der Waals surface area contributed by atoms with E-state index in [0.29, 0.717) is 19.6 Å². The van der Waals surface area contributed by atoms with Crippen LogP contribution in [0.2, 0.25) is 0 Å². The average molecular weight is 591 g/mol. The minimum Gasteiger partial charge on any atom is -0.457 e. The summed E-state index contributed by atoms with van der Waals surface area (Å²) in [6.07, 6.45) is 43.3. The Hall–Kier alpha value is -1.39. The Morgan fingerprint density at radius 3 is 1.50 bits per heavy atom. The van der Waals surface area contributed by atoms with Crippen molar-refractivity contribution in [2.45, 2.75) is 180 Å². The van der Waals surface area contributed by atoms with Crippen molar-refractivity contribution >= 4 is 5.97 Å². The lowest BCUT2D eigenvalue weighted by Crippen LogP contribution is -2.27. The molecule has 4 nitrogen and oxygen atoms in total. The van der Waals surface area contributed by atoms with Gasteiger partial charge in [-0.25, -0.2) is 0 Å². The molecule has 0 saturated heterocycles. The Morgan fingerprint density at radius 1 is 0.571 bits per heavy atom. The highest BCUT2D eigenvalue weighted by Gasteiger charge is 2.13. The van der Waals surface area contributed by atoms with E-state index in [0.717, 1.165) is 32.1 Å². The van der Waals surface area contributed by atoms with Crippen molar-refractivity contribution in [3.05, 3.63) is 36.5 Å². The number of esters is 1. The van der Waals surface area contributed by atoms with E-state index in [4.69, 9.17) is 9.47 Å². The van der Waals surface area contributed by atoms with Gasteiger partial charge in [0.25, 0.3) is 0 Å².